The fourth-order valence-electron chi connectivity index (χ4n) is 1.59. The number of esters is 1. The Labute approximate surface area is 121 Å². The van der Waals surface area contributed by atoms with Gasteiger partial charge in [0.05, 0.1) is 24.6 Å². The van der Waals surface area contributed by atoms with Crippen LogP contribution in [0.25, 0.3) is 0 Å². The Hall–Kier alpha value is -2.27. The fraction of sp³-hybridized carbons (Fsp3) is 0.143. The molecular formula is C14H13ClN2O3. The highest BCUT2D eigenvalue weighted by molar-refractivity contribution is 6.30. The van der Waals surface area contributed by atoms with Gasteiger partial charge in [0.15, 0.2) is 0 Å². The summed E-state index contributed by atoms with van der Waals surface area (Å²) >= 11 is 5.92. The highest BCUT2D eigenvalue weighted by Crippen LogP contribution is 2.28. The van der Waals surface area contributed by atoms with Crippen LogP contribution in [0.1, 0.15) is 15.9 Å². The number of anilines is 1. The smallest absolute Gasteiger partial charge is 0.340 e. The lowest BCUT2D eigenvalue weighted by atomic mass is 10.2. The summed E-state index contributed by atoms with van der Waals surface area (Å²) in [6.45, 7) is 1.88. The SMILES string of the molecule is COC(=O)c1cc(Oc2cc(Cl)ccc2C)ncc1N. The van der Waals surface area contributed by atoms with Crippen molar-refractivity contribution in [3.05, 3.63) is 46.6 Å². The van der Waals surface area contributed by atoms with Gasteiger partial charge in [0.2, 0.25) is 5.88 Å². The first-order valence-electron chi connectivity index (χ1n) is 5.79. The van der Waals surface area contributed by atoms with Gasteiger partial charge in [-0.15, -0.1) is 0 Å². The van der Waals surface area contributed by atoms with Crippen LogP contribution in [0.4, 0.5) is 5.69 Å². The van der Waals surface area contributed by atoms with E-state index in [1.807, 2.05) is 13.0 Å². The topological polar surface area (TPSA) is 74.4 Å². The zero-order valence-corrected chi connectivity index (χ0v) is 11.8. The van der Waals surface area contributed by atoms with Gasteiger partial charge in [0, 0.05) is 11.1 Å². The molecule has 0 amide bonds. The molecule has 104 valence electrons. The Morgan fingerprint density at radius 3 is 2.80 bits per heavy atom. The number of rotatable bonds is 3. The first-order chi connectivity index (χ1) is 9.51. The van der Waals surface area contributed by atoms with Crippen molar-refractivity contribution >= 4 is 23.3 Å². The van der Waals surface area contributed by atoms with Crippen molar-refractivity contribution in [3.63, 3.8) is 0 Å². The zero-order chi connectivity index (χ0) is 14.7. The van der Waals surface area contributed by atoms with Crippen molar-refractivity contribution in [3.8, 4) is 11.6 Å². The van der Waals surface area contributed by atoms with Crippen molar-refractivity contribution in [1.82, 2.24) is 4.98 Å². The van der Waals surface area contributed by atoms with E-state index < -0.39 is 5.97 Å². The van der Waals surface area contributed by atoms with Crippen molar-refractivity contribution < 1.29 is 14.3 Å². The van der Waals surface area contributed by atoms with Gasteiger partial charge < -0.3 is 15.2 Å². The standard InChI is InChI=1S/C14H13ClN2O3/c1-8-3-4-9(15)5-12(8)20-13-6-10(14(18)19-2)11(16)7-17-13/h3-7H,16H2,1-2H3. The molecule has 0 bridgehead atoms. The third-order valence-corrected chi connectivity index (χ3v) is 2.91. The molecule has 5 nitrogen and oxygen atoms in total. The number of nitrogens with two attached hydrogens (primary N) is 1. The predicted molar refractivity (Wildman–Crippen MR) is 76.3 cm³/mol. The monoisotopic (exact) mass is 292 g/mol. The molecule has 1 aromatic carbocycles. The van der Waals surface area contributed by atoms with Crippen molar-refractivity contribution in [2.24, 2.45) is 0 Å². The Balaban J connectivity index is 2.34. The second-order valence-electron chi connectivity index (χ2n) is 4.11. The van der Waals surface area contributed by atoms with Crippen LogP contribution >= 0.6 is 11.6 Å². The molecule has 2 rings (SSSR count). The number of aromatic nitrogens is 1. The molecule has 20 heavy (non-hydrogen) atoms. The lowest BCUT2D eigenvalue weighted by molar-refractivity contribution is 0.0601. The second kappa shape index (κ2) is 5.79. The van der Waals surface area contributed by atoms with Gasteiger partial charge >= 0.3 is 5.97 Å². The number of halogens is 1. The average Bonchev–Trinajstić information content (AvgIpc) is 2.44. The quantitative estimate of drug-likeness (QED) is 0.879. The van der Waals surface area contributed by atoms with Gasteiger partial charge in [-0.3, -0.25) is 0 Å². The summed E-state index contributed by atoms with van der Waals surface area (Å²) < 4.78 is 10.3. The minimum absolute atomic E-state index is 0.206. The van der Waals surface area contributed by atoms with Crippen molar-refractivity contribution in [1.29, 1.82) is 0 Å². The third-order valence-electron chi connectivity index (χ3n) is 2.68. The summed E-state index contributed by atoms with van der Waals surface area (Å²) in [6, 6.07) is 6.70. The Kier molecular flexibility index (Phi) is 4.10. The molecule has 0 radical (unpaired) electrons. The number of hydrogen-bond acceptors (Lipinski definition) is 5. The number of methoxy groups -OCH3 is 1. The van der Waals surface area contributed by atoms with E-state index in [2.05, 4.69) is 9.72 Å². The van der Waals surface area contributed by atoms with Gasteiger partial charge in [0.25, 0.3) is 0 Å². The van der Waals surface area contributed by atoms with Crippen molar-refractivity contribution in [2.75, 3.05) is 12.8 Å². The first kappa shape index (κ1) is 14.1. The first-order valence-corrected chi connectivity index (χ1v) is 6.17. The lowest BCUT2D eigenvalue weighted by Crippen LogP contribution is -2.06. The van der Waals surface area contributed by atoms with E-state index in [4.69, 9.17) is 22.1 Å². The van der Waals surface area contributed by atoms with Crippen LogP contribution in [-0.2, 0) is 4.74 Å². The maximum atomic E-state index is 11.6. The maximum Gasteiger partial charge on any atom is 0.340 e. The van der Waals surface area contributed by atoms with E-state index in [9.17, 15) is 4.79 Å². The van der Waals surface area contributed by atoms with E-state index in [1.54, 1.807) is 12.1 Å². The van der Waals surface area contributed by atoms with Gasteiger partial charge in [0.1, 0.15) is 5.75 Å². The number of carbonyl (C=O) groups is 1. The molecule has 6 heteroatoms. The summed E-state index contributed by atoms with van der Waals surface area (Å²) in [4.78, 5) is 15.6. The molecule has 0 saturated carbocycles. The third kappa shape index (κ3) is 3.00. The van der Waals surface area contributed by atoms with E-state index in [1.165, 1.54) is 19.4 Å². The van der Waals surface area contributed by atoms with Crippen LogP contribution in [0.15, 0.2) is 30.5 Å². The number of aryl methyl sites for hydroxylation is 1. The molecular weight excluding hydrogens is 280 g/mol. The highest BCUT2D eigenvalue weighted by Gasteiger charge is 2.13. The molecule has 0 aliphatic heterocycles. The summed E-state index contributed by atoms with van der Waals surface area (Å²) in [5.74, 6) is 0.258. The van der Waals surface area contributed by atoms with Crippen LogP contribution in [0.2, 0.25) is 5.02 Å². The summed E-state index contributed by atoms with van der Waals surface area (Å²) in [6.07, 6.45) is 1.35. The molecule has 0 aliphatic carbocycles. The largest absolute Gasteiger partial charge is 0.465 e. The summed E-state index contributed by atoms with van der Waals surface area (Å²) in [7, 11) is 1.28. The van der Waals surface area contributed by atoms with Crippen LogP contribution in [0, 0.1) is 6.92 Å². The van der Waals surface area contributed by atoms with Gasteiger partial charge in [-0.25, -0.2) is 9.78 Å². The van der Waals surface area contributed by atoms with E-state index in [0.717, 1.165) is 5.56 Å². The number of hydrogen-bond donors (Lipinski definition) is 1. The molecule has 0 saturated heterocycles. The van der Waals surface area contributed by atoms with E-state index in [0.29, 0.717) is 10.8 Å². The number of nitrogen functional groups attached to an aromatic ring is 1. The molecule has 0 aliphatic rings. The van der Waals surface area contributed by atoms with Gasteiger partial charge in [-0.1, -0.05) is 17.7 Å². The fourth-order valence-corrected chi connectivity index (χ4v) is 1.75. The molecule has 0 fully saturated rings. The zero-order valence-electron chi connectivity index (χ0n) is 11.0. The minimum Gasteiger partial charge on any atom is -0.465 e. The Morgan fingerprint density at radius 1 is 1.35 bits per heavy atom. The maximum absolute atomic E-state index is 11.6. The number of nitrogens with zero attached hydrogens (tertiary/aromatic N) is 1. The molecule has 0 atom stereocenters. The van der Waals surface area contributed by atoms with Crippen molar-refractivity contribution in [2.45, 2.75) is 6.92 Å². The summed E-state index contributed by atoms with van der Waals surface area (Å²) in [5.41, 5.74) is 7.00. The normalized spacial score (nSPS) is 10.2. The highest BCUT2D eigenvalue weighted by atomic mass is 35.5. The predicted octanol–water partition coefficient (Wildman–Crippen LogP) is 3.20. The number of ether oxygens (including phenoxy) is 2. The molecule has 0 spiro atoms. The van der Waals surface area contributed by atoms with Crippen LogP contribution in [0.5, 0.6) is 11.6 Å². The number of benzene rings is 1. The average molecular weight is 293 g/mol. The number of pyridine rings is 1. The van der Waals surface area contributed by atoms with Gasteiger partial charge in [-0.2, -0.15) is 0 Å². The molecule has 2 N–H and O–H groups in total. The van der Waals surface area contributed by atoms with E-state index >= 15 is 0 Å². The Morgan fingerprint density at radius 2 is 2.10 bits per heavy atom. The summed E-state index contributed by atoms with van der Waals surface area (Å²) in [5, 5.41) is 0.550. The van der Waals surface area contributed by atoms with Crippen LogP contribution in [0.3, 0.4) is 0 Å². The Bertz CT molecular complexity index is 659. The molecule has 1 heterocycles. The molecule has 0 unspecified atom stereocenters. The minimum atomic E-state index is -0.544. The van der Waals surface area contributed by atoms with Crippen LogP contribution < -0.4 is 10.5 Å². The van der Waals surface area contributed by atoms with E-state index in [-0.39, 0.29) is 17.1 Å². The lowest BCUT2D eigenvalue weighted by Gasteiger charge is -2.10. The second-order valence-corrected chi connectivity index (χ2v) is 4.55. The number of carbonyl (C=O) groups excluding carboxylic acids is 1. The molecule has 1 aromatic heterocycles. The van der Waals surface area contributed by atoms with Crippen LogP contribution in [-0.4, -0.2) is 18.1 Å². The molecule has 2 aromatic rings. The van der Waals surface area contributed by atoms with Gasteiger partial charge in [-0.05, 0) is 24.6 Å².